The number of rotatable bonds is 6. The van der Waals surface area contributed by atoms with E-state index < -0.39 is 0 Å². The third kappa shape index (κ3) is 5.44. The van der Waals surface area contributed by atoms with Crippen LogP contribution in [0.25, 0.3) is 11.3 Å². The highest BCUT2D eigenvalue weighted by atomic mass is 32.2. The molecule has 0 spiro atoms. The second kappa shape index (κ2) is 9.96. The number of amides is 1. The summed E-state index contributed by atoms with van der Waals surface area (Å²) in [4.78, 5) is 25.0. The van der Waals surface area contributed by atoms with E-state index >= 15 is 0 Å². The van der Waals surface area contributed by atoms with Gasteiger partial charge in [0.2, 0.25) is 5.91 Å². The van der Waals surface area contributed by atoms with Gasteiger partial charge in [0.05, 0.1) is 5.69 Å². The summed E-state index contributed by atoms with van der Waals surface area (Å²) >= 11 is 1.72. The summed E-state index contributed by atoms with van der Waals surface area (Å²) in [5.41, 5.74) is 4.38. The van der Waals surface area contributed by atoms with Crippen LogP contribution in [0, 0.1) is 12.8 Å². The molecule has 3 aromatic rings. The topological polar surface area (TPSA) is 58.1 Å². The number of aryl methyl sites for hydroxylation is 1. The van der Waals surface area contributed by atoms with Crippen molar-refractivity contribution in [2.24, 2.45) is 5.92 Å². The molecule has 1 fully saturated rings. The third-order valence-electron chi connectivity index (χ3n) is 5.82. The van der Waals surface area contributed by atoms with Crippen LogP contribution in [-0.4, -0.2) is 35.2 Å². The SMILES string of the molecule is CSc1ccc(CNC(=O)C2CCN(c3cc(-c4ccc(C)cc4)ncn3)CC2)cc1. The summed E-state index contributed by atoms with van der Waals surface area (Å²) in [5.74, 6) is 1.13. The molecule has 0 radical (unpaired) electrons. The normalized spacial score (nSPS) is 14.5. The lowest BCUT2D eigenvalue weighted by Gasteiger charge is -2.32. The highest BCUT2D eigenvalue weighted by Gasteiger charge is 2.25. The Balaban J connectivity index is 1.31. The van der Waals surface area contributed by atoms with Crippen molar-refractivity contribution in [1.82, 2.24) is 15.3 Å². The van der Waals surface area contributed by atoms with Gasteiger partial charge in [-0.1, -0.05) is 42.0 Å². The first-order chi connectivity index (χ1) is 15.1. The Morgan fingerprint density at radius 1 is 1.06 bits per heavy atom. The van der Waals surface area contributed by atoms with Crippen LogP contribution in [0.2, 0.25) is 0 Å². The summed E-state index contributed by atoms with van der Waals surface area (Å²) in [6.45, 7) is 4.31. The smallest absolute Gasteiger partial charge is 0.223 e. The Labute approximate surface area is 188 Å². The van der Waals surface area contributed by atoms with Gasteiger partial charge in [0.15, 0.2) is 0 Å². The van der Waals surface area contributed by atoms with Crippen molar-refractivity contribution in [3.05, 3.63) is 72.1 Å². The maximum Gasteiger partial charge on any atom is 0.223 e. The number of thioether (sulfide) groups is 1. The molecule has 2 aromatic carbocycles. The molecule has 1 aliphatic rings. The average Bonchev–Trinajstić information content (AvgIpc) is 2.83. The number of carbonyl (C=O) groups excluding carboxylic acids is 1. The van der Waals surface area contributed by atoms with Crippen LogP contribution in [0.1, 0.15) is 24.0 Å². The predicted molar refractivity (Wildman–Crippen MR) is 127 cm³/mol. The van der Waals surface area contributed by atoms with Crippen LogP contribution in [0.5, 0.6) is 0 Å². The van der Waals surface area contributed by atoms with Gasteiger partial charge in [-0.25, -0.2) is 9.97 Å². The van der Waals surface area contributed by atoms with Gasteiger partial charge in [0.25, 0.3) is 0 Å². The van der Waals surface area contributed by atoms with Crippen LogP contribution < -0.4 is 10.2 Å². The summed E-state index contributed by atoms with van der Waals surface area (Å²) in [5, 5.41) is 3.11. The molecule has 0 bridgehead atoms. The van der Waals surface area contributed by atoms with E-state index in [0.29, 0.717) is 6.54 Å². The lowest BCUT2D eigenvalue weighted by atomic mass is 9.95. The highest BCUT2D eigenvalue weighted by Crippen LogP contribution is 2.25. The van der Waals surface area contributed by atoms with Gasteiger partial charge in [-0.15, -0.1) is 11.8 Å². The predicted octanol–water partition coefficient (Wildman–Crippen LogP) is 4.71. The van der Waals surface area contributed by atoms with Crippen LogP contribution in [0.15, 0.2) is 65.8 Å². The minimum atomic E-state index is 0.0557. The van der Waals surface area contributed by atoms with E-state index in [9.17, 15) is 4.79 Å². The van der Waals surface area contributed by atoms with Crippen molar-refractivity contribution >= 4 is 23.5 Å². The average molecular weight is 433 g/mol. The van der Waals surface area contributed by atoms with Gasteiger partial charge in [-0.2, -0.15) is 0 Å². The molecule has 0 saturated carbocycles. The van der Waals surface area contributed by atoms with Crippen molar-refractivity contribution in [3.8, 4) is 11.3 Å². The number of hydrogen-bond acceptors (Lipinski definition) is 5. The number of hydrogen-bond donors (Lipinski definition) is 1. The van der Waals surface area contributed by atoms with Crippen molar-refractivity contribution in [3.63, 3.8) is 0 Å². The number of aromatic nitrogens is 2. The second-order valence-electron chi connectivity index (χ2n) is 7.95. The fraction of sp³-hybridized carbons (Fsp3) is 0.320. The Morgan fingerprint density at radius 2 is 1.77 bits per heavy atom. The van der Waals surface area contributed by atoms with Crippen molar-refractivity contribution < 1.29 is 4.79 Å². The molecular weight excluding hydrogens is 404 g/mol. The Kier molecular flexibility index (Phi) is 6.87. The first-order valence-corrected chi connectivity index (χ1v) is 11.9. The molecule has 1 aliphatic heterocycles. The van der Waals surface area contributed by atoms with E-state index in [1.54, 1.807) is 18.1 Å². The third-order valence-corrected chi connectivity index (χ3v) is 6.56. The van der Waals surface area contributed by atoms with E-state index in [-0.39, 0.29) is 11.8 Å². The second-order valence-corrected chi connectivity index (χ2v) is 8.83. The molecule has 1 aromatic heterocycles. The molecule has 0 atom stereocenters. The Hall–Kier alpha value is -2.86. The molecule has 1 amide bonds. The molecule has 160 valence electrons. The van der Waals surface area contributed by atoms with E-state index in [2.05, 4.69) is 81.9 Å². The van der Waals surface area contributed by atoms with Crippen molar-refractivity contribution in [2.75, 3.05) is 24.2 Å². The molecule has 0 aliphatic carbocycles. The molecule has 5 nitrogen and oxygen atoms in total. The van der Waals surface area contributed by atoms with E-state index in [0.717, 1.165) is 48.6 Å². The molecule has 6 heteroatoms. The minimum Gasteiger partial charge on any atom is -0.356 e. The van der Waals surface area contributed by atoms with Crippen LogP contribution in [0.4, 0.5) is 5.82 Å². The summed E-state index contributed by atoms with van der Waals surface area (Å²) < 4.78 is 0. The zero-order valence-electron chi connectivity index (χ0n) is 18.0. The quantitative estimate of drug-likeness (QED) is 0.572. The number of carbonyl (C=O) groups is 1. The lowest BCUT2D eigenvalue weighted by Crippen LogP contribution is -2.40. The standard InChI is InChI=1S/C25H28N4OS/c1-18-3-7-20(8-4-18)23-15-24(28-17-27-23)29-13-11-21(12-14-29)25(30)26-16-19-5-9-22(31-2)10-6-19/h3-10,15,17,21H,11-14,16H2,1-2H3,(H,26,30). The molecule has 1 saturated heterocycles. The largest absolute Gasteiger partial charge is 0.356 e. The van der Waals surface area contributed by atoms with Gasteiger partial charge < -0.3 is 10.2 Å². The van der Waals surface area contributed by atoms with Crippen LogP contribution >= 0.6 is 11.8 Å². The monoisotopic (exact) mass is 432 g/mol. The zero-order chi connectivity index (χ0) is 21.6. The number of nitrogens with one attached hydrogen (secondary N) is 1. The molecule has 0 unspecified atom stereocenters. The maximum atomic E-state index is 12.6. The molecule has 2 heterocycles. The van der Waals surface area contributed by atoms with Crippen molar-refractivity contribution in [1.29, 1.82) is 0 Å². The molecule has 4 rings (SSSR count). The van der Waals surface area contributed by atoms with E-state index in [1.807, 2.05) is 6.07 Å². The van der Waals surface area contributed by atoms with Crippen molar-refractivity contribution in [2.45, 2.75) is 31.2 Å². The van der Waals surface area contributed by atoms with Crippen LogP contribution in [0.3, 0.4) is 0 Å². The zero-order valence-corrected chi connectivity index (χ0v) is 18.9. The first-order valence-electron chi connectivity index (χ1n) is 10.7. The lowest BCUT2D eigenvalue weighted by molar-refractivity contribution is -0.125. The van der Waals surface area contributed by atoms with Gasteiger partial charge in [0.1, 0.15) is 12.1 Å². The summed E-state index contributed by atoms with van der Waals surface area (Å²) in [6, 6.07) is 18.8. The fourth-order valence-electron chi connectivity index (χ4n) is 3.85. The van der Waals surface area contributed by atoms with Gasteiger partial charge in [0, 0.05) is 42.1 Å². The number of anilines is 1. The number of nitrogens with zero attached hydrogens (tertiary/aromatic N) is 3. The Bertz CT molecular complexity index is 1010. The Morgan fingerprint density at radius 3 is 2.45 bits per heavy atom. The first kappa shape index (κ1) is 21.4. The van der Waals surface area contributed by atoms with Crippen LogP contribution in [-0.2, 0) is 11.3 Å². The maximum absolute atomic E-state index is 12.6. The summed E-state index contributed by atoms with van der Waals surface area (Å²) in [6.07, 6.45) is 5.36. The van der Waals surface area contributed by atoms with Gasteiger partial charge >= 0.3 is 0 Å². The number of benzene rings is 2. The molecular formula is C25H28N4OS. The fourth-order valence-corrected chi connectivity index (χ4v) is 4.26. The number of piperidine rings is 1. The molecule has 1 N–H and O–H groups in total. The van der Waals surface area contributed by atoms with E-state index in [1.165, 1.54) is 10.5 Å². The highest BCUT2D eigenvalue weighted by molar-refractivity contribution is 7.98. The van der Waals surface area contributed by atoms with E-state index in [4.69, 9.17) is 0 Å². The minimum absolute atomic E-state index is 0.0557. The summed E-state index contributed by atoms with van der Waals surface area (Å²) in [7, 11) is 0. The van der Waals surface area contributed by atoms with Gasteiger partial charge in [-0.3, -0.25) is 4.79 Å². The molecule has 31 heavy (non-hydrogen) atoms. The van der Waals surface area contributed by atoms with Gasteiger partial charge in [-0.05, 0) is 43.7 Å².